The molecule has 0 bridgehead atoms. The van der Waals surface area contributed by atoms with Gasteiger partial charge in [0.05, 0.1) is 11.4 Å². The third-order valence-electron chi connectivity index (χ3n) is 4.58. The second-order valence-electron chi connectivity index (χ2n) is 6.28. The maximum absolute atomic E-state index is 12.7. The molecule has 5 heteroatoms. The number of benzene rings is 1. The monoisotopic (exact) mass is 332 g/mol. The first-order valence-corrected chi connectivity index (χ1v) is 8.67. The van der Waals surface area contributed by atoms with E-state index >= 15 is 0 Å². The number of aromatic nitrogens is 3. The normalized spacial score (nSPS) is 14.5. The topological polar surface area (TPSA) is 51.0 Å². The van der Waals surface area contributed by atoms with Crippen molar-refractivity contribution in [3.63, 3.8) is 0 Å². The lowest BCUT2D eigenvalue weighted by molar-refractivity contribution is 0.0724. The molecule has 1 saturated heterocycles. The molecular formula is C20H20N4O. The van der Waals surface area contributed by atoms with Crippen molar-refractivity contribution < 1.29 is 4.79 Å². The molecule has 1 aliphatic heterocycles. The summed E-state index contributed by atoms with van der Waals surface area (Å²) >= 11 is 0. The van der Waals surface area contributed by atoms with Crippen LogP contribution in [0.4, 0.5) is 0 Å². The van der Waals surface area contributed by atoms with E-state index in [9.17, 15) is 4.79 Å². The predicted octanol–water partition coefficient (Wildman–Crippen LogP) is 3.56. The Kier molecular flexibility index (Phi) is 4.29. The Morgan fingerprint density at radius 1 is 0.960 bits per heavy atom. The molecule has 0 radical (unpaired) electrons. The van der Waals surface area contributed by atoms with Gasteiger partial charge in [0.25, 0.3) is 5.91 Å². The smallest absolute Gasteiger partial charge is 0.253 e. The van der Waals surface area contributed by atoms with Crippen molar-refractivity contribution in [2.75, 3.05) is 13.1 Å². The Morgan fingerprint density at radius 2 is 1.76 bits per heavy atom. The molecule has 126 valence electrons. The lowest BCUT2D eigenvalue weighted by Gasteiger charge is -2.26. The summed E-state index contributed by atoms with van der Waals surface area (Å²) in [7, 11) is 0. The zero-order valence-electron chi connectivity index (χ0n) is 14.0. The number of carbonyl (C=O) groups is 1. The zero-order valence-corrected chi connectivity index (χ0v) is 14.0. The minimum Gasteiger partial charge on any atom is -0.339 e. The Hall–Kier alpha value is -2.95. The van der Waals surface area contributed by atoms with Gasteiger partial charge in [-0.2, -0.15) is 5.10 Å². The number of likely N-dealkylation sites (tertiary alicyclic amines) is 1. The summed E-state index contributed by atoms with van der Waals surface area (Å²) in [6.45, 7) is 1.71. The number of nitrogens with zero attached hydrogens (tertiary/aromatic N) is 4. The molecule has 1 amide bonds. The molecule has 25 heavy (non-hydrogen) atoms. The van der Waals surface area contributed by atoms with Gasteiger partial charge >= 0.3 is 0 Å². The van der Waals surface area contributed by atoms with Crippen molar-refractivity contribution in [2.24, 2.45) is 0 Å². The minimum absolute atomic E-state index is 0.108. The minimum atomic E-state index is 0.108. The van der Waals surface area contributed by atoms with Crippen LogP contribution in [0.5, 0.6) is 0 Å². The lowest BCUT2D eigenvalue weighted by atomic mass is 10.1. The van der Waals surface area contributed by atoms with Crippen molar-refractivity contribution in [3.8, 4) is 16.9 Å². The molecule has 0 N–H and O–H groups in total. The number of carbonyl (C=O) groups excluding carboxylic acids is 1. The maximum Gasteiger partial charge on any atom is 0.253 e. The molecule has 1 fully saturated rings. The molecule has 0 spiro atoms. The largest absolute Gasteiger partial charge is 0.339 e. The number of rotatable bonds is 3. The summed E-state index contributed by atoms with van der Waals surface area (Å²) in [6.07, 6.45) is 8.79. The SMILES string of the molecule is O=C(c1ccnc(-c2ccc(-n3cccn3)cc2)c1)N1CCCCC1. The van der Waals surface area contributed by atoms with Crippen LogP contribution in [0.2, 0.25) is 0 Å². The van der Waals surface area contributed by atoms with E-state index < -0.39 is 0 Å². The Bertz CT molecular complexity index is 850. The first kappa shape index (κ1) is 15.6. The van der Waals surface area contributed by atoms with Crippen LogP contribution in [0.15, 0.2) is 61.1 Å². The first-order chi connectivity index (χ1) is 12.3. The fourth-order valence-electron chi connectivity index (χ4n) is 3.21. The molecule has 0 aliphatic carbocycles. The van der Waals surface area contributed by atoms with Crippen LogP contribution in [-0.4, -0.2) is 38.7 Å². The van der Waals surface area contributed by atoms with Gasteiger partial charge in [0, 0.05) is 42.8 Å². The van der Waals surface area contributed by atoms with Crippen LogP contribution in [0.3, 0.4) is 0 Å². The van der Waals surface area contributed by atoms with Crippen LogP contribution in [-0.2, 0) is 0 Å². The van der Waals surface area contributed by atoms with E-state index in [1.54, 1.807) is 18.5 Å². The van der Waals surface area contributed by atoms with Crippen molar-refractivity contribution in [3.05, 3.63) is 66.6 Å². The van der Waals surface area contributed by atoms with E-state index in [0.29, 0.717) is 5.56 Å². The molecule has 1 aromatic carbocycles. The van der Waals surface area contributed by atoms with Crippen LogP contribution in [0.25, 0.3) is 16.9 Å². The molecular weight excluding hydrogens is 312 g/mol. The fourth-order valence-corrected chi connectivity index (χ4v) is 3.21. The molecule has 4 rings (SSSR count). The second kappa shape index (κ2) is 6.89. The van der Waals surface area contributed by atoms with Crippen LogP contribution in [0, 0.1) is 0 Å². The highest BCUT2D eigenvalue weighted by molar-refractivity contribution is 5.95. The Morgan fingerprint density at radius 3 is 2.48 bits per heavy atom. The van der Waals surface area contributed by atoms with E-state index in [-0.39, 0.29) is 5.91 Å². The average Bonchev–Trinajstić information content (AvgIpc) is 3.23. The van der Waals surface area contributed by atoms with Gasteiger partial charge < -0.3 is 4.90 Å². The first-order valence-electron chi connectivity index (χ1n) is 8.67. The second-order valence-corrected chi connectivity index (χ2v) is 6.28. The molecule has 1 aliphatic rings. The standard InChI is InChI=1S/C20H20N4O/c25-20(23-12-2-1-3-13-23)17-9-11-21-19(15-17)16-5-7-18(8-6-16)24-14-4-10-22-24/h4-11,14-15H,1-3,12-13H2. The zero-order chi connectivity index (χ0) is 17.1. The van der Waals surface area contributed by atoms with E-state index in [2.05, 4.69) is 10.1 Å². The van der Waals surface area contributed by atoms with Gasteiger partial charge in [-0.25, -0.2) is 4.68 Å². The molecule has 0 unspecified atom stereocenters. The predicted molar refractivity (Wildman–Crippen MR) is 96.5 cm³/mol. The van der Waals surface area contributed by atoms with Crippen LogP contribution >= 0.6 is 0 Å². The van der Waals surface area contributed by atoms with Gasteiger partial charge in [-0.15, -0.1) is 0 Å². The van der Waals surface area contributed by atoms with Crippen LogP contribution < -0.4 is 0 Å². The summed E-state index contributed by atoms with van der Waals surface area (Å²) in [5, 5.41) is 4.23. The number of hydrogen-bond acceptors (Lipinski definition) is 3. The van der Waals surface area contributed by atoms with Crippen molar-refractivity contribution >= 4 is 5.91 Å². The highest BCUT2D eigenvalue weighted by atomic mass is 16.2. The summed E-state index contributed by atoms with van der Waals surface area (Å²) in [5.74, 6) is 0.108. The van der Waals surface area contributed by atoms with Gasteiger partial charge in [-0.05, 0) is 49.6 Å². The van der Waals surface area contributed by atoms with Crippen LogP contribution in [0.1, 0.15) is 29.6 Å². The van der Waals surface area contributed by atoms with Crippen molar-refractivity contribution in [2.45, 2.75) is 19.3 Å². The third kappa shape index (κ3) is 3.31. The van der Waals surface area contributed by atoms with E-state index in [0.717, 1.165) is 42.9 Å². The summed E-state index contributed by atoms with van der Waals surface area (Å²) in [5.41, 5.74) is 3.51. The molecule has 2 aromatic heterocycles. The van der Waals surface area contributed by atoms with Gasteiger partial charge in [-0.3, -0.25) is 9.78 Å². The fraction of sp³-hybridized carbons (Fsp3) is 0.250. The van der Waals surface area contributed by atoms with Gasteiger partial charge in [0.2, 0.25) is 0 Å². The molecule has 5 nitrogen and oxygen atoms in total. The average molecular weight is 332 g/mol. The lowest BCUT2D eigenvalue weighted by Crippen LogP contribution is -2.35. The van der Waals surface area contributed by atoms with E-state index in [4.69, 9.17) is 0 Å². The van der Waals surface area contributed by atoms with Gasteiger partial charge in [0.15, 0.2) is 0 Å². The Balaban J connectivity index is 1.57. The highest BCUT2D eigenvalue weighted by Gasteiger charge is 2.18. The van der Waals surface area contributed by atoms with Crippen molar-refractivity contribution in [1.29, 1.82) is 0 Å². The summed E-state index contributed by atoms with van der Waals surface area (Å²) in [4.78, 5) is 19.1. The maximum atomic E-state index is 12.7. The summed E-state index contributed by atoms with van der Waals surface area (Å²) in [6, 6.07) is 13.6. The van der Waals surface area contributed by atoms with E-state index in [1.807, 2.05) is 52.2 Å². The summed E-state index contributed by atoms with van der Waals surface area (Å²) < 4.78 is 1.81. The third-order valence-corrected chi connectivity index (χ3v) is 4.58. The Labute approximate surface area is 146 Å². The highest BCUT2D eigenvalue weighted by Crippen LogP contribution is 2.21. The van der Waals surface area contributed by atoms with Gasteiger partial charge in [-0.1, -0.05) is 12.1 Å². The molecule has 0 saturated carbocycles. The van der Waals surface area contributed by atoms with Crippen molar-refractivity contribution in [1.82, 2.24) is 19.7 Å². The number of hydrogen-bond donors (Lipinski definition) is 0. The molecule has 3 aromatic rings. The van der Waals surface area contributed by atoms with Gasteiger partial charge in [0.1, 0.15) is 0 Å². The number of piperidine rings is 1. The van der Waals surface area contributed by atoms with E-state index in [1.165, 1.54) is 6.42 Å². The number of amides is 1. The molecule has 3 heterocycles. The molecule has 0 atom stereocenters. The number of pyridine rings is 1. The quantitative estimate of drug-likeness (QED) is 0.737.